The van der Waals surface area contributed by atoms with Gasteiger partial charge in [0.15, 0.2) is 0 Å². The van der Waals surface area contributed by atoms with Crippen molar-refractivity contribution in [3.8, 4) is 0 Å². The molecule has 7 nitrogen and oxygen atoms in total. The second-order valence-corrected chi connectivity index (χ2v) is 6.05. The molecule has 1 unspecified atom stereocenters. The van der Waals surface area contributed by atoms with Crippen molar-refractivity contribution in [2.75, 3.05) is 6.54 Å². The van der Waals surface area contributed by atoms with Crippen LogP contribution in [0.15, 0.2) is 29.1 Å². The number of aromatic nitrogens is 2. The van der Waals surface area contributed by atoms with Crippen LogP contribution in [-0.4, -0.2) is 44.0 Å². The molecule has 7 heteroatoms. The van der Waals surface area contributed by atoms with Crippen LogP contribution in [0.4, 0.5) is 0 Å². The number of nitrogens with one attached hydrogen (secondary N) is 1. The second kappa shape index (κ2) is 5.91. The smallest absolute Gasteiger partial charge is 0.326 e. The molecule has 2 aromatic rings. The molecule has 2 N–H and O–H groups in total. The second-order valence-electron chi connectivity index (χ2n) is 6.05. The summed E-state index contributed by atoms with van der Waals surface area (Å²) in [6, 6.07) is 7.28. The number of carboxylic acids is 1. The van der Waals surface area contributed by atoms with Crippen LogP contribution in [0.1, 0.15) is 19.8 Å². The number of para-hydroxylation sites is 2. The van der Waals surface area contributed by atoms with Gasteiger partial charge in [-0.3, -0.25) is 14.2 Å². The molecule has 1 aromatic carbocycles. The van der Waals surface area contributed by atoms with Gasteiger partial charge in [-0.25, -0.2) is 4.79 Å². The number of carbonyl (C=O) groups is 2. The SMILES string of the molecule is CC(CN(C(=O)Cn1c(=O)[nH]c2ccccc21)C1CC1)C(=O)O. The molecule has 1 aliphatic rings. The lowest BCUT2D eigenvalue weighted by Crippen LogP contribution is -2.41. The van der Waals surface area contributed by atoms with Gasteiger partial charge in [0.25, 0.3) is 0 Å². The number of H-pyrrole nitrogens is 1. The zero-order chi connectivity index (χ0) is 16.6. The van der Waals surface area contributed by atoms with Gasteiger partial charge in [-0.15, -0.1) is 0 Å². The van der Waals surface area contributed by atoms with Gasteiger partial charge in [-0.1, -0.05) is 19.1 Å². The van der Waals surface area contributed by atoms with Crippen LogP contribution in [0.5, 0.6) is 0 Å². The summed E-state index contributed by atoms with van der Waals surface area (Å²) in [5, 5.41) is 9.06. The first kappa shape index (κ1) is 15.3. The highest BCUT2D eigenvalue weighted by Gasteiger charge is 2.34. The third-order valence-electron chi connectivity index (χ3n) is 4.18. The van der Waals surface area contributed by atoms with Gasteiger partial charge in [0.1, 0.15) is 6.54 Å². The van der Waals surface area contributed by atoms with Crippen LogP contribution < -0.4 is 5.69 Å². The van der Waals surface area contributed by atoms with Crippen molar-refractivity contribution in [2.24, 2.45) is 5.92 Å². The molecule has 0 spiro atoms. The van der Waals surface area contributed by atoms with Crippen molar-refractivity contribution in [3.05, 3.63) is 34.7 Å². The van der Waals surface area contributed by atoms with E-state index in [9.17, 15) is 14.4 Å². The Morgan fingerprint density at radius 2 is 2.09 bits per heavy atom. The summed E-state index contributed by atoms with van der Waals surface area (Å²) in [6.45, 7) is 1.69. The molecule has 1 atom stereocenters. The van der Waals surface area contributed by atoms with E-state index in [2.05, 4.69) is 4.98 Å². The maximum absolute atomic E-state index is 12.6. The minimum absolute atomic E-state index is 0.0777. The van der Waals surface area contributed by atoms with E-state index < -0.39 is 11.9 Å². The predicted octanol–water partition coefficient (Wildman–Crippen LogP) is 1.04. The van der Waals surface area contributed by atoms with Gasteiger partial charge in [0, 0.05) is 12.6 Å². The molecule has 3 rings (SSSR count). The lowest BCUT2D eigenvalue weighted by molar-refractivity contribution is -0.143. The first-order valence-corrected chi connectivity index (χ1v) is 7.67. The van der Waals surface area contributed by atoms with Gasteiger partial charge < -0.3 is 15.0 Å². The van der Waals surface area contributed by atoms with Crippen LogP contribution in [0, 0.1) is 5.92 Å². The predicted molar refractivity (Wildman–Crippen MR) is 84.1 cm³/mol. The Bertz CT molecular complexity index is 803. The molecule has 0 radical (unpaired) electrons. The number of nitrogens with zero attached hydrogens (tertiary/aromatic N) is 2. The highest BCUT2D eigenvalue weighted by atomic mass is 16.4. The van der Waals surface area contributed by atoms with Crippen molar-refractivity contribution in [2.45, 2.75) is 32.4 Å². The Hall–Kier alpha value is -2.57. The number of hydrogen-bond acceptors (Lipinski definition) is 3. The van der Waals surface area contributed by atoms with E-state index in [1.165, 1.54) is 4.57 Å². The van der Waals surface area contributed by atoms with Gasteiger partial charge in [0.2, 0.25) is 5.91 Å². The molecule has 1 amide bonds. The van der Waals surface area contributed by atoms with Crippen LogP contribution >= 0.6 is 0 Å². The fraction of sp³-hybridized carbons (Fsp3) is 0.438. The van der Waals surface area contributed by atoms with Gasteiger partial charge in [0.05, 0.1) is 17.0 Å². The fourth-order valence-corrected chi connectivity index (χ4v) is 2.70. The minimum atomic E-state index is -0.923. The Morgan fingerprint density at radius 1 is 1.39 bits per heavy atom. The summed E-state index contributed by atoms with van der Waals surface area (Å²) in [4.78, 5) is 40.0. The molecule has 1 aliphatic carbocycles. The van der Waals surface area contributed by atoms with Crippen molar-refractivity contribution < 1.29 is 14.7 Å². The molecule has 122 valence electrons. The number of aliphatic carboxylic acids is 1. The fourth-order valence-electron chi connectivity index (χ4n) is 2.70. The third-order valence-corrected chi connectivity index (χ3v) is 4.18. The van der Waals surface area contributed by atoms with E-state index in [0.717, 1.165) is 12.8 Å². The van der Waals surface area contributed by atoms with Gasteiger partial charge >= 0.3 is 11.7 Å². The molecule has 1 fully saturated rings. The number of rotatable bonds is 6. The maximum Gasteiger partial charge on any atom is 0.326 e. The molecule has 0 bridgehead atoms. The van der Waals surface area contributed by atoms with Crippen molar-refractivity contribution in [3.63, 3.8) is 0 Å². The molecule has 0 aliphatic heterocycles. The van der Waals surface area contributed by atoms with E-state index >= 15 is 0 Å². The summed E-state index contributed by atoms with van der Waals surface area (Å²) in [5.41, 5.74) is 1.02. The van der Waals surface area contributed by atoms with Crippen LogP contribution in [0.25, 0.3) is 11.0 Å². The first-order valence-electron chi connectivity index (χ1n) is 7.67. The van der Waals surface area contributed by atoms with E-state index in [1.807, 2.05) is 12.1 Å². The number of carboxylic acid groups (broad SMARTS) is 1. The van der Waals surface area contributed by atoms with E-state index in [1.54, 1.807) is 24.0 Å². The summed E-state index contributed by atoms with van der Waals surface area (Å²) >= 11 is 0. The number of benzene rings is 1. The molecule has 1 aromatic heterocycles. The molecule has 23 heavy (non-hydrogen) atoms. The van der Waals surface area contributed by atoms with Gasteiger partial charge in [-0.2, -0.15) is 0 Å². The van der Waals surface area contributed by atoms with E-state index in [-0.39, 0.29) is 30.7 Å². The summed E-state index contributed by atoms with van der Waals surface area (Å²) in [7, 11) is 0. The van der Waals surface area contributed by atoms with Crippen LogP contribution in [-0.2, 0) is 16.1 Å². The lowest BCUT2D eigenvalue weighted by atomic mass is 10.1. The standard InChI is InChI=1S/C16H19N3O4/c1-10(15(21)22)8-18(11-6-7-11)14(20)9-19-13-5-3-2-4-12(13)17-16(19)23/h2-5,10-11H,6-9H2,1H3,(H,17,23)(H,21,22). The Balaban J connectivity index is 1.82. The average Bonchev–Trinajstić information content (AvgIpc) is 3.30. The van der Waals surface area contributed by atoms with E-state index in [0.29, 0.717) is 11.0 Å². The highest BCUT2D eigenvalue weighted by molar-refractivity contribution is 5.81. The molecule has 0 saturated heterocycles. The molecular formula is C16H19N3O4. The Morgan fingerprint density at radius 3 is 2.74 bits per heavy atom. The van der Waals surface area contributed by atoms with Crippen molar-refractivity contribution in [1.82, 2.24) is 14.5 Å². The zero-order valence-electron chi connectivity index (χ0n) is 12.9. The molecule has 1 heterocycles. The summed E-state index contributed by atoms with van der Waals surface area (Å²) < 4.78 is 1.40. The third kappa shape index (κ3) is 3.13. The summed E-state index contributed by atoms with van der Waals surface area (Å²) in [5.74, 6) is -1.76. The molecule has 1 saturated carbocycles. The largest absolute Gasteiger partial charge is 0.481 e. The Kier molecular flexibility index (Phi) is 3.94. The van der Waals surface area contributed by atoms with Crippen molar-refractivity contribution >= 4 is 22.9 Å². The number of hydrogen-bond donors (Lipinski definition) is 2. The van der Waals surface area contributed by atoms with Crippen LogP contribution in [0.2, 0.25) is 0 Å². The molecular weight excluding hydrogens is 298 g/mol. The highest BCUT2D eigenvalue weighted by Crippen LogP contribution is 2.28. The normalized spacial score (nSPS) is 15.5. The minimum Gasteiger partial charge on any atom is -0.481 e. The topological polar surface area (TPSA) is 95.4 Å². The number of fused-ring (bicyclic) bond motifs is 1. The maximum atomic E-state index is 12.6. The lowest BCUT2D eigenvalue weighted by Gasteiger charge is -2.24. The zero-order valence-corrected chi connectivity index (χ0v) is 12.9. The number of aromatic amines is 1. The van der Waals surface area contributed by atoms with Crippen molar-refractivity contribution in [1.29, 1.82) is 0 Å². The van der Waals surface area contributed by atoms with Gasteiger partial charge in [-0.05, 0) is 25.0 Å². The number of imidazole rings is 1. The van der Waals surface area contributed by atoms with Crippen LogP contribution in [0.3, 0.4) is 0 Å². The van der Waals surface area contributed by atoms with E-state index in [4.69, 9.17) is 5.11 Å². The Labute approximate surface area is 132 Å². The quantitative estimate of drug-likeness (QED) is 0.832. The average molecular weight is 317 g/mol. The summed E-state index contributed by atoms with van der Waals surface area (Å²) in [6.07, 6.45) is 1.78. The number of amides is 1. The number of carbonyl (C=O) groups excluding carboxylic acids is 1. The first-order chi connectivity index (χ1) is 11.0. The monoisotopic (exact) mass is 317 g/mol.